The molecule has 6 nitrogen and oxygen atoms in total. The summed E-state index contributed by atoms with van der Waals surface area (Å²) in [5, 5.41) is 0.651. The number of carbonyl (C=O) groups excluding carboxylic acids is 1. The van der Waals surface area contributed by atoms with Gasteiger partial charge >= 0.3 is 6.09 Å². The van der Waals surface area contributed by atoms with Gasteiger partial charge in [0, 0.05) is 24.5 Å². The number of benzene rings is 2. The molecule has 1 heterocycles. The normalized spacial score (nSPS) is 20.6. The second kappa shape index (κ2) is 9.37. The zero-order valence-corrected chi connectivity index (χ0v) is 18.7. The van der Waals surface area contributed by atoms with E-state index in [1.165, 1.54) is 0 Å². The van der Waals surface area contributed by atoms with Gasteiger partial charge in [-0.25, -0.2) is 17.9 Å². The molecule has 1 amide bonds. The summed E-state index contributed by atoms with van der Waals surface area (Å²) in [7, 11) is -3.25. The molecule has 0 aromatic heterocycles. The van der Waals surface area contributed by atoms with E-state index in [0.29, 0.717) is 37.4 Å². The van der Waals surface area contributed by atoms with Crippen LogP contribution in [-0.2, 0) is 20.4 Å². The van der Waals surface area contributed by atoms with Crippen molar-refractivity contribution in [1.29, 1.82) is 0 Å². The minimum absolute atomic E-state index is 0.143. The lowest BCUT2D eigenvalue weighted by Crippen LogP contribution is -2.49. The zero-order chi connectivity index (χ0) is 21.8. The van der Waals surface area contributed by atoms with Crippen LogP contribution in [-0.4, -0.2) is 38.8 Å². The fraction of sp³-hybridized carbons (Fsp3) is 0.409. The summed E-state index contributed by atoms with van der Waals surface area (Å²) < 4.78 is 31.3. The Kier molecular flexibility index (Phi) is 7.06. The van der Waals surface area contributed by atoms with Gasteiger partial charge < -0.3 is 9.64 Å². The second-order valence-corrected chi connectivity index (χ2v) is 9.94. The molecule has 0 bridgehead atoms. The molecular weight excluding hydrogens is 424 g/mol. The molecule has 2 aromatic rings. The SMILES string of the molecule is C[C@@H](c1ccc(Cl)cc1)N1CC[C@](CCCNS(C)(=O)=O)(c2ccccc2)OC1=O. The van der Waals surface area contributed by atoms with E-state index in [9.17, 15) is 13.2 Å². The van der Waals surface area contributed by atoms with Gasteiger partial charge in [-0.3, -0.25) is 0 Å². The number of nitrogens with zero attached hydrogens (tertiary/aromatic N) is 1. The minimum atomic E-state index is -3.25. The molecule has 2 atom stereocenters. The van der Waals surface area contributed by atoms with Crippen molar-refractivity contribution in [2.24, 2.45) is 0 Å². The van der Waals surface area contributed by atoms with Crippen LogP contribution in [0.3, 0.4) is 0 Å². The van der Waals surface area contributed by atoms with Crippen LogP contribution in [0.4, 0.5) is 4.79 Å². The van der Waals surface area contributed by atoms with Crippen molar-refractivity contribution in [3.63, 3.8) is 0 Å². The molecule has 1 N–H and O–H groups in total. The summed E-state index contributed by atoms with van der Waals surface area (Å²) in [5.41, 5.74) is 1.14. The summed E-state index contributed by atoms with van der Waals surface area (Å²) in [6.07, 6.45) is 2.48. The molecule has 0 saturated carbocycles. The fourth-order valence-electron chi connectivity index (χ4n) is 3.84. The van der Waals surface area contributed by atoms with Crippen molar-refractivity contribution >= 4 is 27.7 Å². The van der Waals surface area contributed by atoms with E-state index in [-0.39, 0.29) is 12.1 Å². The lowest BCUT2D eigenvalue weighted by Gasteiger charge is -2.43. The molecule has 0 radical (unpaired) electrons. The van der Waals surface area contributed by atoms with Crippen molar-refractivity contribution < 1.29 is 17.9 Å². The molecule has 0 unspecified atom stereocenters. The third kappa shape index (κ3) is 5.53. The Balaban J connectivity index is 1.75. The third-order valence-electron chi connectivity index (χ3n) is 5.52. The molecule has 1 aliphatic rings. The van der Waals surface area contributed by atoms with Gasteiger partial charge in [-0.1, -0.05) is 54.1 Å². The molecule has 1 fully saturated rings. The number of hydrogen-bond donors (Lipinski definition) is 1. The highest BCUT2D eigenvalue weighted by Crippen LogP contribution is 2.40. The smallest absolute Gasteiger partial charge is 0.411 e. The molecule has 3 rings (SSSR count). The maximum Gasteiger partial charge on any atom is 0.411 e. The number of nitrogens with one attached hydrogen (secondary N) is 1. The van der Waals surface area contributed by atoms with Gasteiger partial charge in [-0.15, -0.1) is 0 Å². The molecule has 0 aliphatic carbocycles. The Morgan fingerprint density at radius 3 is 2.43 bits per heavy atom. The molecule has 162 valence electrons. The Hall–Kier alpha value is -2.09. The van der Waals surface area contributed by atoms with Crippen LogP contribution in [0.2, 0.25) is 5.02 Å². The molecule has 30 heavy (non-hydrogen) atoms. The second-order valence-electron chi connectivity index (χ2n) is 7.67. The minimum Gasteiger partial charge on any atom is -0.438 e. The highest BCUT2D eigenvalue weighted by molar-refractivity contribution is 7.88. The monoisotopic (exact) mass is 450 g/mol. The van der Waals surface area contributed by atoms with E-state index >= 15 is 0 Å². The predicted octanol–water partition coefficient (Wildman–Crippen LogP) is 4.47. The first kappa shape index (κ1) is 22.6. The van der Waals surface area contributed by atoms with E-state index in [1.807, 2.05) is 61.5 Å². The summed E-state index contributed by atoms with van der Waals surface area (Å²) >= 11 is 5.98. The first-order chi connectivity index (χ1) is 14.2. The number of halogens is 1. The number of amides is 1. The Morgan fingerprint density at radius 2 is 1.83 bits per heavy atom. The van der Waals surface area contributed by atoms with Gasteiger partial charge in [0.05, 0.1) is 12.3 Å². The van der Waals surface area contributed by atoms with E-state index in [0.717, 1.165) is 17.4 Å². The molecule has 8 heteroatoms. The summed E-state index contributed by atoms with van der Waals surface area (Å²) in [6.45, 7) is 2.81. The molecule has 2 aromatic carbocycles. The predicted molar refractivity (Wildman–Crippen MR) is 118 cm³/mol. The number of carbonyl (C=O) groups is 1. The number of cyclic esters (lactones) is 1. The first-order valence-electron chi connectivity index (χ1n) is 9.95. The Bertz CT molecular complexity index is 966. The number of rotatable bonds is 8. The van der Waals surface area contributed by atoms with Gasteiger partial charge in [-0.05, 0) is 43.0 Å². The maximum atomic E-state index is 13.0. The third-order valence-corrected chi connectivity index (χ3v) is 6.50. The molecule has 0 spiro atoms. The van der Waals surface area contributed by atoms with Gasteiger partial charge in [0.15, 0.2) is 0 Å². The lowest BCUT2D eigenvalue weighted by atomic mass is 9.84. The quantitative estimate of drug-likeness (QED) is 0.602. The van der Waals surface area contributed by atoms with Crippen LogP contribution in [0.5, 0.6) is 0 Å². The van der Waals surface area contributed by atoms with E-state index in [4.69, 9.17) is 16.3 Å². The molecule has 1 aliphatic heterocycles. The van der Waals surface area contributed by atoms with Crippen molar-refractivity contribution in [2.75, 3.05) is 19.3 Å². The van der Waals surface area contributed by atoms with Crippen LogP contribution in [0.1, 0.15) is 43.4 Å². The Morgan fingerprint density at radius 1 is 1.17 bits per heavy atom. The van der Waals surface area contributed by atoms with Gasteiger partial charge in [0.25, 0.3) is 0 Å². The fourth-order valence-corrected chi connectivity index (χ4v) is 4.48. The van der Waals surface area contributed by atoms with Crippen LogP contribution in [0.25, 0.3) is 0 Å². The van der Waals surface area contributed by atoms with Gasteiger partial charge in [-0.2, -0.15) is 0 Å². The van der Waals surface area contributed by atoms with Crippen molar-refractivity contribution in [1.82, 2.24) is 9.62 Å². The summed E-state index contributed by atoms with van der Waals surface area (Å²) in [6, 6.07) is 17.0. The van der Waals surface area contributed by atoms with Crippen molar-refractivity contribution in [2.45, 2.75) is 37.8 Å². The Labute approximate surface area is 183 Å². The standard InChI is InChI=1S/C22H27ClN2O4S/c1-17(18-9-11-20(23)12-10-18)25-16-14-22(29-21(25)26,19-7-4-3-5-8-19)13-6-15-24-30(2,27)28/h3-5,7-12,17,24H,6,13-16H2,1-2H3/t17-,22+/m0/s1. The average Bonchev–Trinajstić information content (AvgIpc) is 2.71. The lowest BCUT2D eigenvalue weighted by molar-refractivity contribution is -0.0662. The van der Waals surface area contributed by atoms with Crippen LogP contribution >= 0.6 is 11.6 Å². The van der Waals surface area contributed by atoms with Crippen LogP contribution < -0.4 is 4.72 Å². The zero-order valence-electron chi connectivity index (χ0n) is 17.2. The first-order valence-corrected chi connectivity index (χ1v) is 12.2. The summed E-state index contributed by atoms with van der Waals surface area (Å²) in [5.74, 6) is 0. The topological polar surface area (TPSA) is 75.7 Å². The molecular formula is C22H27ClN2O4S. The van der Waals surface area contributed by atoms with Gasteiger partial charge in [0.1, 0.15) is 5.60 Å². The van der Waals surface area contributed by atoms with E-state index < -0.39 is 15.6 Å². The number of sulfonamides is 1. The van der Waals surface area contributed by atoms with Crippen molar-refractivity contribution in [3.8, 4) is 0 Å². The number of ether oxygens (including phenoxy) is 1. The number of hydrogen-bond acceptors (Lipinski definition) is 4. The summed E-state index contributed by atoms with van der Waals surface area (Å²) in [4.78, 5) is 14.7. The highest BCUT2D eigenvalue weighted by atomic mass is 35.5. The van der Waals surface area contributed by atoms with E-state index in [2.05, 4.69) is 4.72 Å². The highest BCUT2D eigenvalue weighted by Gasteiger charge is 2.43. The van der Waals surface area contributed by atoms with Crippen LogP contribution in [0.15, 0.2) is 54.6 Å². The largest absolute Gasteiger partial charge is 0.438 e. The van der Waals surface area contributed by atoms with Crippen molar-refractivity contribution in [3.05, 3.63) is 70.7 Å². The van der Waals surface area contributed by atoms with Gasteiger partial charge in [0.2, 0.25) is 10.0 Å². The van der Waals surface area contributed by atoms with Crippen LogP contribution in [0, 0.1) is 0 Å². The maximum absolute atomic E-state index is 13.0. The van der Waals surface area contributed by atoms with E-state index in [1.54, 1.807) is 4.90 Å². The average molecular weight is 451 g/mol. The molecule has 1 saturated heterocycles.